The van der Waals surface area contributed by atoms with E-state index in [2.05, 4.69) is 10.5 Å². The number of nitrogens with two attached hydrogens (primary N) is 6. The quantitative estimate of drug-likeness (QED) is 0.228. The summed E-state index contributed by atoms with van der Waals surface area (Å²) in [5.41, 5.74) is 29.5. The Bertz CT molecular complexity index is 452. The highest BCUT2D eigenvalue weighted by atomic mass is 16.5. The van der Waals surface area contributed by atoms with Crippen molar-refractivity contribution in [1.82, 2.24) is 0 Å². The molecule has 160 valence electrons. The molecule has 0 radical (unpaired) electrons. The lowest BCUT2D eigenvalue weighted by Crippen LogP contribution is -2.32. The van der Waals surface area contributed by atoms with Crippen LogP contribution in [0.5, 0.6) is 0 Å². The van der Waals surface area contributed by atoms with Gasteiger partial charge < -0.3 is 39.1 Å². The van der Waals surface area contributed by atoms with Crippen LogP contribution in [0.25, 0.3) is 0 Å². The van der Waals surface area contributed by atoms with Crippen LogP contribution in [0.2, 0.25) is 0 Å². The predicted octanol–water partition coefficient (Wildman–Crippen LogP) is -0.207. The molecule has 0 aromatic rings. The first-order valence-electron chi connectivity index (χ1n) is 8.02. The van der Waals surface area contributed by atoms with E-state index in [9.17, 15) is 0 Å². The lowest BCUT2D eigenvalue weighted by atomic mass is 10.1. The second-order valence-electron chi connectivity index (χ2n) is 5.85. The molecule has 1 rings (SSSR count). The zero-order chi connectivity index (χ0) is 22.8. The minimum Gasteiger partial charge on any atom is -0.469 e. The molecule has 1 saturated carbocycles. The number of ether oxygens (including phenoxy) is 1. The first-order valence-corrected chi connectivity index (χ1v) is 8.02. The van der Waals surface area contributed by atoms with E-state index in [1.54, 1.807) is 6.92 Å². The van der Waals surface area contributed by atoms with E-state index in [0.29, 0.717) is 12.3 Å². The van der Waals surface area contributed by atoms with Crippen molar-refractivity contribution in [2.75, 3.05) is 7.11 Å². The summed E-state index contributed by atoms with van der Waals surface area (Å²) in [6.45, 7) is 7.07. The number of nitrogens with one attached hydrogen (secondary N) is 5. The number of amidine groups is 5. The van der Waals surface area contributed by atoms with Crippen LogP contribution in [0.15, 0.2) is 0 Å². The second-order valence-corrected chi connectivity index (χ2v) is 5.85. The summed E-state index contributed by atoms with van der Waals surface area (Å²) < 4.78 is 4.11. The van der Waals surface area contributed by atoms with Crippen LogP contribution in [0.3, 0.4) is 0 Å². The molecule has 17 N–H and O–H groups in total. The maximum absolute atomic E-state index is 6.99. The fourth-order valence-corrected chi connectivity index (χ4v) is 0.457. The number of hydrogen-bond acceptors (Lipinski definition) is 7. The molecular formula is C15H39N11O. The zero-order valence-electron chi connectivity index (χ0n) is 17.1. The highest BCUT2D eigenvalue weighted by Crippen LogP contribution is 2.44. The summed E-state index contributed by atoms with van der Waals surface area (Å²) in [7, 11) is 1.35. The molecule has 0 aliphatic heterocycles. The average molecular weight is 390 g/mol. The minimum absolute atomic E-state index is 0.0370. The van der Waals surface area contributed by atoms with Crippen LogP contribution in [0, 0.1) is 32.5 Å². The summed E-state index contributed by atoms with van der Waals surface area (Å²) in [4.78, 5) is 0. The fourth-order valence-electron chi connectivity index (χ4n) is 0.457. The standard InChI is InChI=1S/C5H10N2.C3H9N3.C3H8N2.C2H6N2O.C2H6N2/c1-5(2-3-5)4(6)7;1-2(4)3(5)6;1-2-3(4)5;1-5-2(3)4;1-2(3)4/h2-3H2,1H3,(H3,6,7);2H,4H2,1H3,(H3,5,6);2H2,1H3,(H3,4,5);1H3,(H3,3,4);1H3,(H3,3,4)/t;2-;;;/m.1.../s1. The molecule has 0 aromatic carbocycles. The molecule has 1 fully saturated rings. The Labute approximate surface area is 161 Å². The van der Waals surface area contributed by atoms with Crippen LogP contribution in [-0.4, -0.2) is 42.5 Å². The van der Waals surface area contributed by atoms with Crippen molar-refractivity contribution < 1.29 is 4.74 Å². The SMILES string of the molecule is CC(=N)N.CC1(C(=N)N)CC1.CCC(=N)N.COC(=N)N.C[C@@H](N)C(=N)N. The van der Waals surface area contributed by atoms with Crippen molar-refractivity contribution in [3.63, 3.8) is 0 Å². The van der Waals surface area contributed by atoms with Gasteiger partial charge in [0.05, 0.1) is 30.7 Å². The Balaban J connectivity index is -0.000000124. The topological polar surface area (TPSA) is 285 Å². The summed E-state index contributed by atoms with van der Waals surface area (Å²) in [6, 6.07) is -0.532. The molecule has 12 nitrogen and oxygen atoms in total. The van der Waals surface area contributed by atoms with Crippen molar-refractivity contribution in [1.29, 1.82) is 27.0 Å². The van der Waals surface area contributed by atoms with E-state index in [1.165, 1.54) is 14.0 Å². The summed E-state index contributed by atoms with van der Waals surface area (Å²) in [6.07, 6.45) is 2.89. The van der Waals surface area contributed by atoms with Gasteiger partial charge in [-0.3, -0.25) is 27.0 Å². The maximum Gasteiger partial charge on any atom is 0.278 e. The summed E-state index contributed by atoms with van der Waals surface area (Å²) in [5.74, 6) is 0.813. The van der Waals surface area contributed by atoms with Gasteiger partial charge in [0, 0.05) is 11.8 Å². The lowest BCUT2D eigenvalue weighted by molar-refractivity contribution is 0.393. The Morgan fingerprint density at radius 1 is 1.00 bits per heavy atom. The second kappa shape index (κ2) is 17.9. The Hall–Kier alpha value is -2.89. The molecule has 1 atom stereocenters. The van der Waals surface area contributed by atoms with Crippen LogP contribution in [0.1, 0.15) is 47.0 Å². The van der Waals surface area contributed by atoms with Crippen LogP contribution in [0.4, 0.5) is 0 Å². The summed E-state index contributed by atoms with van der Waals surface area (Å²) >= 11 is 0. The molecule has 0 saturated heterocycles. The molecular weight excluding hydrogens is 350 g/mol. The van der Waals surface area contributed by atoms with Crippen LogP contribution < -0.4 is 34.4 Å². The lowest BCUT2D eigenvalue weighted by Gasteiger charge is -2.00. The van der Waals surface area contributed by atoms with Crippen molar-refractivity contribution in [3.05, 3.63) is 0 Å². The Kier molecular flexibility index (Phi) is 21.1. The first-order chi connectivity index (χ1) is 12.1. The van der Waals surface area contributed by atoms with E-state index in [0.717, 1.165) is 12.8 Å². The van der Waals surface area contributed by atoms with E-state index in [1.807, 2.05) is 13.8 Å². The van der Waals surface area contributed by atoms with Crippen LogP contribution >= 0.6 is 0 Å². The third-order valence-corrected chi connectivity index (χ3v) is 2.74. The zero-order valence-corrected chi connectivity index (χ0v) is 17.1. The normalized spacial score (nSPS) is 12.8. The van der Waals surface area contributed by atoms with Gasteiger partial charge >= 0.3 is 0 Å². The highest BCUT2D eigenvalue weighted by molar-refractivity contribution is 5.85. The molecule has 12 heteroatoms. The van der Waals surface area contributed by atoms with E-state index in [4.69, 9.17) is 55.7 Å². The van der Waals surface area contributed by atoms with Crippen molar-refractivity contribution in [3.8, 4) is 0 Å². The molecule has 1 aliphatic rings. The van der Waals surface area contributed by atoms with Gasteiger partial charge in [-0.05, 0) is 26.7 Å². The highest BCUT2D eigenvalue weighted by Gasteiger charge is 2.40. The Morgan fingerprint density at radius 2 is 1.22 bits per heavy atom. The maximum atomic E-state index is 6.99. The number of hydrogen-bond donors (Lipinski definition) is 11. The number of methoxy groups -OCH3 is 1. The molecule has 0 spiro atoms. The average Bonchev–Trinajstić information content (AvgIpc) is 3.27. The van der Waals surface area contributed by atoms with E-state index >= 15 is 0 Å². The largest absolute Gasteiger partial charge is 0.469 e. The van der Waals surface area contributed by atoms with Gasteiger partial charge in [0.2, 0.25) is 0 Å². The predicted molar refractivity (Wildman–Crippen MR) is 114 cm³/mol. The van der Waals surface area contributed by atoms with E-state index in [-0.39, 0.29) is 35.0 Å². The van der Waals surface area contributed by atoms with Crippen molar-refractivity contribution in [2.45, 2.75) is 53.0 Å². The number of rotatable bonds is 3. The molecule has 0 amide bonds. The van der Waals surface area contributed by atoms with Crippen molar-refractivity contribution in [2.24, 2.45) is 39.8 Å². The Morgan fingerprint density at radius 3 is 1.22 bits per heavy atom. The molecule has 0 aromatic heterocycles. The third-order valence-electron chi connectivity index (χ3n) is 2.74. The summed E-state index contributed by atoms with van der Waals surface area (Å²) in [5, 5.41) is 32.7. The molecule has 0 unspecified atom stereocenters. The van der Waals surface area contributed by atoms with Gasteiger partial charge in [0.25, 0.3) is 6.02 Å². The minimum atomic E-state index is -0.287. The first kappa shape index (κ1) is 31.8. The smallest absolute Gasteiger partial charge is 0.278 e. The monoisotopic (exact) mass is 389 g/mol. The molecule has 27 heavy (non-hydrogen) atoms. The fraction of sp³-hybridized carbons (Fsp3) is 0.667. The van der Waals surface area contributed by atoms with Gasteiger partial charge in [0.1, 0.15) is 5.84 Å². The van der Waals surface area contributed by atoms with Gasteiger partial charge in [0.15, 0.2) is 0 Å². The van der Waals surface area contributed by atoms with Gasteiger partial charge in [-0.2, -0.15) is 0 Å². The molecule has 1 aliphatic carbocycles. The van der Waals surface area contributed by atoms with Gasteiger partial charge in [-0.25, -0.2) is 0 Å². The van der Waals surface area contributed by atoms with Gasteiger partial charge in [-0.1, -0.05) is 13.8 Å². The molecule has 0 bridgehead atoms. The van der Waals surface area contributed by atoms with E-state index < -0.39 is 0 Å². The van der Waals surface area contributed by atoms with Gasteiger partial charge in [-0.15, -0.1) is 0 Å². The van der Waals surface area contributed by atoms with Crippen molar-refractivity contribution >= 4 is 29.4 Å². The molecule has 0 heterocycles. The van der Waals surface area contributed by atoms with Crippen LogP contribution in [-0.2, 0) is 4.74 Å². The third kappa shape index (κ3) is 39.7.